The lowest BCUT2D eigenvalue weighted by Gasteiger charge is -1.84. The summed E-state index contributed by atoms with van der Waals surface area (Å²) in [5, 5.41) is 0. The average Bonchev–Trinajstić information content (AvgIpc) is 2.30. The molecule has 0 saturated heterocycles. The zero-order valence-corrected chi connectivity index (χ0v) is 7.83. The molecule has 0 fully saturated rings. The normalized spacial score (nSPS) is 9.80. The highest BCUT2D eigenvalue weighted by atomic mass is 79.9. The Balaban J connectivity index is 3.08. The molecule has 0 bridgehead atoms. The third-order valence-electron chi connectivity index (χ3n) is 1.13. The fourth-order valence-electron chi connectivity index (χ4n) is 0.679. The molecule has 0 N–H and O–H groups in total. The standard InChI is InChI=1S/C6H6BrNOS/c1-2-5-4(3-9)8-6(7)10-5/h3H,2H2,1H3. The van der Waals surface area contributed by atoms with Gasteiger partial charge >= 0.3 is 0 Å². The zero-order chi connectivity index (χ0) is 7.56. The van der Waals surface area contributed by atoms with E-state index in [9.17, 15) is 4.79 Å². The van der Waals surface area contributed by atoms with Crippen LogP contribution in [-0.2, 0) is 6.42 Å². The number of aldehydes is 1. The molecule has 10 heavy (non-hydrogen) atoms. The first-order chi connectivity index (χ1) is 4.77. The Labute approximate surface area is 71.4 Å². The van der Waals surface area contributed by atoms with Crippen LogP contribution in [0, 0.1) is 0 Å². The van der Waals surface area contributed by atoms with Gasteiger partial charge in [0.1, 0.15) is 5.69 Å². The SMILES string of the molecule is CCc1sc(Br)nc1C=O. The molecule has 0 aromatic carbocycles. The Morgan fingerprint density at radius 3 is 2.90 bits per heavy atom. The lowest BCUT2D eigenvalue weighted by atomic mass is 10.3. The fraction of sp³-hybridized carbons (Fsp3) is 0.333. The van der Waals surface area contributed by atoms with Crippen LogP contribution in [0.5, 0.6) is 0 Å². The quantitative estimate of drug-likeness (QED) is 0.715. The maximum Gasteiger partial charge on any atom is 0.169 e. The van der Waals surface area contributed by atoms with Gasteiger partial charge in [0.2, 0.25) is 0 Å². The molecule has 0 aliphatic carbocycles. The summed E-state index contributed by atoms with van der Waals surface area (Å²) in [4.78, 5) is 15.3. The monoisotopic (exact) mass is 219 g/mol. The van der Waals surface area contributed by atoms with E-state index in [1.54, 1.807) is 0 Å². The van der Waals surface area contributed by atoms with Crippen LogP contribution in [0.1, 0.15) is 22.3 Å². The molecule has 1 aromatic rings. The molecule has 0 saturated carbocycles. The largest absolute Gasteiger partial charge is 0.296 e. The van der Waals surface area contributed by atoms with E-state index >= 15 is 0 Å². The first kappa shape index (κ1) is 7.88. The highest BCUT2D eigenvalue weighted by Crippen LogP contribution is 2.22. The number of nitrogens with zero attached hydrogens (tertiary/aromatic N) is 1. The minimum absolute atomic E-state index is 0.569. The summed E-state index contributed by atoms with van der Waals surface area (Å²) in [5.74, 6) is 0. The van der Waals surface area contributed by atoms with Gasteiger partial charge < -0.3 is 0 Å². The van der Waals surface area contributed by atoms with E-state index in [1.165, 1.54) is 11.3 Å². The molecule has 1 rings (SSSR count). The van der Waals surface area contributed by atoms with Gasteiger partial charge in [-0.1, -0.05) is 6.92 Å². The van der Waals surface area contributed by atoms with Crippen LogP contribution in [0.25, 0.3) is 0 Å². The highest BCUT2D eigenvalue weighted by molar-refractivity contribution is 9.11. The van der Waals surface area contributed by atoms with Gasteiger partial charge in [-0.25, -0.2) is 4.98 Å². The second-order valence-electron chi connectivity index (χ2n) is 1.75. The first-order valence-corrected chi connectivity index (χ1v) is 4.49. The van der Waals surface area contributed by atoms with Gasteiger partial charge in [0.25, 0.3) is 0 Å². The van der Waals surface area contributed by atoms with Crippen molar-refractivity contribution in [2.24, 2.45) is 0 Å². The van der Waals surface area contributed by atoms with E-state index in [1.807, 2.05) is 6.92 Å². The molecule has 0 radical (unpaired) electrons. The van der Waals surface area contributed by atoms with Crippen molar-refractivity contribution in [1.82, 2.24) is 4.98 Å². The van der Waals surface area contributed by atoms with E-state index in [-0.39, 0.29) is 0 Å². The molecular weight excluding hydrogens is 214 g/mol. The van der Waals surface area contributed by atoms with Crippen molar-refractivity contribution in [2.75, 3.05) is 0 Å². The summed E-state index contributed by atoms with van der Waals surface area (Å²) < 4.78 is 0.784. The van der Waals surface area contributed by atoms with Gasteiger partial charge in [0.15, 0.2) is 10.2 Å². The molecular formula is C6H6BrNOS. The number of rotatable bonds is 2. The molecule has 1 heterocycles. The van der Waals surface area contributed by atoms with Gasteiger partial charge in [0.05, 0.1) is 0 Å². The number of hydrogen-bond acceptors (Lipinski definition) is 3. The predicted molar refractivity (Wildman–Crippen MR) is 44.6 cm³/mol. The van der Waals surface area contributed by atoms with Crippen molar-refractivity contribution in [3.63, 3.8) is 0 Å². The van der Waals surface area contributed by atoms with Crippen LogP contribution in [0.4, 0.5) is 0 Å². The summed E-state index contributed by atoms with van der Waals surface area (Å²) in [5.41, 5.74) is 0.569. The number of carbonyl (C=O) groups is 1. The van der Waals surface area contributed by atoms with Crippen LogP contribution in [0.15, 0.2) is 3.92 Å². The highest BCUT2D eigenvalue weighted by Gasteiger charge is 2.05. The van der Waals surface area contributed by atoms with Gasteiger partial charge in [0, 0.05) is 4.88 Å². The summed E-state index contributed by atoms with van der Waals surface area (Å²) in [7, 11) is 0. The number of halogens is 1. The number of hydrogen-bond donors (Lipinski definition) is 0. The summed E-state index contributed by atoms with van der Waals surface area (Å²) in [6.07, 6.45) is 1.66. The Bertz CT molecular complexity index is 246. The summed E-state index contributed by atoms with van der Waals surface area (Å²) >= 11 is 4.73. The minimum atomic E-state index is 0.569. The van der Waals surface area contributed by atoms with Crippen molar-refractivity contribution in [2.45, 2.75) is 13.3 Å². The Morgan fingerprint density at radius 2 is 2.50 bits per heavy atom. The minimum Gasteiger partial charge on any atom is -0.296 e. The van der Waals surface area contributed by atoms with Crippen LogP contribution >= 0.6 is 27.3 Å². The second-order valence-corrected chi connectivity index (χ2v) is 4.11. The molecule has 0 atom stereocenters. The summed E-state index contributed by atoms with van der Waals surface area (Å²) in [6.45, 7) is 2.01. The molecule has 0 spiro atoms. The molecule has 0 aliphatic rings. The van der Waals surface area contributed by atoms with Crippen LogP contribution < -0.4 is 0 Å². The molecule has 0 unspecified atom stereocenters. The smallest absolute Gasteiger partial charge is 0.169 e. The second kappa shape index (κ2) is 3.25. The fourth-order valence-corrected chi connectivity index (χ4v) is 2.15. The maximum atomic E-state index is 10.3. The molecule has 54 valence electrons. The summed E-state index contributed by atoms with van der Waals surface area (Å²) in [6, 6.07) is 0. The Kier molecular flexibility index (Phi) is 2.56. The maximum absolute atomic E-state index is 10.3. The van der Waals surface area contributed by atoms with Crippen LogP contribution in [0.3, 0.4) is 0 Å². The van der Waals surface area contributed by atoms with E-state index in [2.05, 4.69) is 20.9 Å². The van der Waals surface area contributed by atoms with Crippen molar-refractivity contribution < 1.29 is 4.79 Å². The van der Waals surface area contributed by atoms with Crippen molar-refractivity contribution in [3.05, 3.63) is 14.5 Å². The molecule has 2 nitrogen and oxygen atoms in total. The number of aryl methyl sites for hydroxylation is 1. The van der Waals surface area contributed by atoms with E-state index in [0.29, 0.717) is 5.69 Å². The number of thiazole rings is 1. The average molecular weight is 220 g/mol. The van der Waals surface area contributed by atoms with Crippen molar-refractivity contribution in [1.29, 1.82) is 0 Å². The number of aromatic nitrogens is 1. The zero-order valence-electron chi connectivity index (χ0n) is 5.43. The van der Waals surface area contributed by atoms with Gasteiger partial charge in [-0.2, -0.15) is 0 Å². The molecule has 0 aliphatic heterocycles. The molecule has 0 amide bonds. The molecule has 4 heteroatoms. The Hall–Kier alpha value is -0.220. The lowest BCUT2D eigenvalue weighted by molar-refractivity contribution is 0.111. The Morgan fingerprint density at radius 1 is 1.80 bits per heavy atom. The number of carbonyl (C=O) groups excluding carboxylic acids is 1. The van der Waals surface area contributed by atoms with E-state index in [4.69, 9.17) is 0 Å². The van der Waals surface area contributed by atoms with Crippen molar-refractivity contribution >= 4 is 33.6 Å². The molecule has 1 aromatic heterocycles. The van der Waals surface area contributed by atoms with Gasteiger partial charge in [-0.3, -0.25) is 4.79 Å². The van der Waals surface area contributed by atoms with Crippen LogP contribution in [-0.4, -0.2) is 11.3 Å². The van der Waals surface area contributed by atoms with Crippen LogP contribution in [0.2, 0.25) is 0 Å². The third kappa shape index (κ3) is 1.44. The predicted octanol–water partition coefficient (Wildman–Crippen LogP) is 2.28. The van der Waals surface area contributed by atoms with Gasteiger partial charge in [-0.05, 0) is 22.4 Å². The first-order valence-electron chi connectivity index (χ1n) is 2.88. The van der Waals surface area contributed by atoms with E-state index < -0.39 is 0 Å². The topological polar surface area (TPSA) is 30.0 Å². The van der Waals surface area contributed by atoms with Crippen molar-refractivity contribution in [3.8, 4) is 0 Å². The lowest BCUT2D eigenvalue weighted by Crippen LogP contribution is -1.84. The van der Waals surface area contributed by atoms with Gasteiger partial charge in [-0.15, -0.1) is 11.3 Å². The van der Waals surface area contributed by atoms with E-state index in [0.717, 1.165) is 21.5 Å². The third-order valence-corrected chi connectivity index (χ3v) is 2.80.